The van der Waals surface area contributed by atoms with Gasteiger partial charge in [0.15, 0.2) is 0 Å². The first-order valence-electron chi connectivity index (χ1n) is 5.82. The standard InChI is InChI=1S/C14H22INS/c1-9-11(16-14(5,6)15)8-7-10(12(9)17)13(2,3)4/h7-8,16-17H,1-6H3. The van der Waals surface area contributed by atoms with Gasteiger partial charge in [-0.25, -0.2) is 0 Å². The van der Waals surface area contributed by atoms with Crippen LogP contribution in [0.4, 0.5) is 5.69 Å². The number of benzene rings is 1. The number of thiol groups is 1. The van der Waals surface area contributed by atoms with Crippen molar-refractivity contribution >= 4 is 40.9 Å². The van der Waals surface area contributed by atoms with E-state index in [0.717, 1.165) is 4.90 Å². The Balaban J connectivity index is 3.21. The lowest BCUT2D eigenvalue weighted by molar-refractivity contribution is 0.577. The van der Waals surface area contributed by atoms with E-state index in [2.05, 4.69) is 94.2 Å². The Labute approximate surface area is 124 Å². The summed E-state index contributed by atoms with van der Waals surface area (Å²) in [5.41, 5.74) is 3.84. The molecule has 0 saturated carbocycles. The van der Waals surface area contributed by atoms with Gasteiger partial charge in [0.2, 0.25) is 0 Å². The first-order valence-corrected chi connectivity index (χ1v) is 7.35. The van der Waals surface area contributed by atoms with Gasteiger partial charge in [0.25, 0.3) is 0 Å². The summed E-state index contributed by atoms with van der Waals surface area (Å²) in [5, 5.41) is 3.51. The van der Waals surface area contributed by atoms with Crippen LogP contribution in [0.5, 0.6) is 0 Å². The summed E-state index contributed by atoms with van der Waals surface area (Å²) < 4.78 is 0.0476. The first-order chi connectivity index (χ1) is 7.52. The molecule has 1 N–H and O–H groups in total. The maximum Gasteiger partial charge on any atom is 0.0834 e. The number of hydrogen-bond donors (Lipinski definition) is 2. The van der Waals surface area contributed by atoms with Gasteiger partial charge in [0.1, 0.15) is 0 Å². The summed E-state index contributed by atoms with van der Waals surface area (Å²) in [6.45, 7) is 13.1. The fraction of sp³-hybridized carbons (Fsp3) is 0.571. The smallest absolute Gasteiger partial charge is 0.0834 e. The highest BCUT2D eigenvalue weighted by Gasteiger charge is 2.20. The van der Waals surface area contributed by atoms with Crippen LogP contribution in [0.3, 0.4) is 0 Å². The summed E-state index contributed by atoms with van der Waals surface area (Å²) in [6.07, 6.45) is 0. The number of halogens is 1. The van der Waals surface area contributed by atoms with E-state index in [-0.39, 0.29) is 8.96 Å². The Morgan fingerprint density at radius 2 is 1.65 bits per heavy atom. The van der Waals surface area contributed by atoms with Crippen LogP contribution >= 0.6 is 35.2 Å². The predicted octanol–water partition coefficient (Wildman–Crippen LogP) is 5.16. The molecule has 0 aromatic heterocycles. The van der Waals surface area contributed by atoms with Crippen molar-refractivity contribution < 1.29 is 0 Å². The van der Waals surface area contributed by atoms with Gasteiger partial charge in [-0.3, -0.25) is 0 Å². The van der Waals surface area contributed by atoms with Crippen molar-refractivity contribution in [3.63, 3.8) is 0 Å². The molecule has 17 heavy (non-hydrogen) atoms. The summed E-state index contributed by atoms with van der Waals surface area (Å²) in [4.78, 5) is 1.10. The van der Waals surface area contributed by atoms with Crippen LogP contribution in [0.2, 0.25) is 0 Å². The average molecular weight is 363 g/mol. The molecule has 0 unspecified atom stereocenters. The molecular formula is C14H22INS. The number of anilines is 1. The molecule has 0 saturated heterocycles. The second kappa shape index (κ2) is 5.00. The molecule has 0 bridgehead atoms. The molecule has 0 aliphatic heterocycles. The monoisotopic (exact) mass is 363 g/mol. The zero-order valence-electron chi connectivity index (χ0n) is 11.5. The van der Waals surface area contributed by atoms with Crippen molar-refractivity contribution in [3.8, 4) is 0 Å². The molecule has 1 nitrogen and oxygen atoms in total. The van der Waals surface area contributed by atoms with Crippen LogP contribution in [-0.4, -0.2) is 3.55 Å². The highest BCUT2D eigenvalue weighted by Crippen LogP contribution is 2.35. The Bertz CT molecular complexity index is 413. The molecule has 0 aliphatic rings. The predicted molar refractivity (Wildman–Crippen MR) is 88.9 cm³/mol. The van der Waals surface area contributed by atoms with E-state index in [1.54, 1.807) is 0 Å². The topological polar surface area (TPSA) is 12.0 Å². The van der Waals surface area contributed by atoms with Crippen LogP contribution in [0.1, 0.15) is 45.7 Å². The van der Waals surface area contributed by atoms with E-state index in [0.29, 0.717) is 0 Å². The highest BCUT2D eigenvalue weighted by atomic mass is 127. The van der Waals surface area contributed by atoms with Crippen LogP contribution in [-0.2, 0) is 5.41 Å². The maximum absolute atomic E-state index is 4.68. The molecule has 1 aromatic rings. The van der Waals surface area contributed by atoms with E-state index in [4.69, 9.17) is 0 Å². The maximum atomic E-state index is 4.68. The van der Waals surface area contributed by atoms with Crippen molar-refractivity contribution in [2.75, 3.05) is 5.32 Å². The zero-order chi connectivity index (χ0) is 13.4. The third kappa shape index (κ3) is 4.05. The highest BCUT2D eigenvalue weighted by molar-refractivity contribution is 14.1. The lowest BCUT2D eigenvalue weighted by Gasteiger charge is -2.26. The molecule has 1 rings (SSSR count). The average Bonchev–Trinajstić information content (AvgIpc) is 2.08. The number of rotatable bonds is 2. The first kappa shape index (κ1) is 15.2. The quantitative estimate of drug-likeness (QED) is 0.320. The fourth-order valence-corrected chi connectivity index (χ4v) is 2.58. The third-order valence-corrected chi connectivity index (χ3v) is 3.52. The van der Waals surface area contributed by atoms with Gasteiger partial charge in [-0.2, -0.15) is 0 Å². The van der Waals surface area contributed by atoms with Crippen molar-refractivity contribution in [1.82, 2.24) is 0 Å². The largest absolute Gasteiger partial charge is 0.371 e. The second-order valence-corrected chi connectivity index (χ2v) is 9.13. The molecule has 3 heteroatoms. The summed E-state index contributed by atoms with van der Waals surface area (Å²) in [6, 6.07) is 4.34. The van der Waals surface area contributed by atoms with Crippen LogP contribution in [0.25, 0.3) is 0 Å². The Hall–Kier alpha value is 0.1000. The molecule has 0 aliphatic carbocycles. The van der Waals surface area contributed by atoms with Crippen molar-refractivity contribution in [2.45, 2.75) is 55.4 Å². The molecule has 96 valence electrons. The normalized spacial score (nSPS) is 12.7. The van der Waals surface area contributed by atoms with Gasteiger partial charge in [0.05, 0.1) is 3.55 Å². The Morgan fingerprint density at radius 3 is 2.06 bits per heavy atom. The van der Waals surface area contributed by atoms with Crippen molar-refractivity contribution in [2.24, 2.45) is 0 Å². The number of alkyl halides is 1. The number of nitrogens with one attached hydrogen (secondary N) is 1. The minimum absolute atomic E-state index is 0.0476. The molecule has 0 heterocycles. The fourth-order valence-electron chi connectivity index (χ4n) is 1.76. The lowest BCUT2D eigenvalue weighted by Crippen LogP contribution is -2.23. The summed E-state index contributed by atoms with van der Waals surface area (Å²) in [5.74, 6) is 0. The van der Waals surface area contributed by atoms with E-state index in [1.807, 2.05) is 0 Å². The molecule has 0 radical (unpaired) electrons. The van der Waals surface area contributed by atoms with Gasteiger partial charge in [0, 0.05) is 10.6 Å². The third-order valence-electron chi connectivity index (χ3n) is 2.67. The van der Waals surface area contributed by atoms with E-state index in [1.165, 1.54) is 16.8 Å². The SMILES string of the molecule is Cc1c(NC(C)(C)I)ccc(C(C)(C)C)c1S. The van der Waals surface area contributed by atoms with Crippen molar-refractivity contribution in [1.29, 1.82) is 0 Å². The minimum atomic E-state index is 0.0476. The van der Waals surface area contributed by atoms with Gasteiger partial charge < -0.3 is 5.32 Å². The van der Waals surface area contributed by atoms with Gasteiger partial charge in [-0.05, 0) is 43.4 Å². The van der Waals surface area contributed by atoms with E-state index >= 15 is 0 Å². The Kier molecular flexibility index (Phi) is 4.46. The van der Waals surface area contributed by atoms with Gasteiger partial charge in [-0.15, -0.1) is 12.6 Å². The Morgan fingerprint density at radius 1 is 1.12 bits per heavy atom. The molecule has 0 spiro atoms. The van der Waals surface area contributed by atoms with Crippen LogP contribution in [0, 0.1) is 6.92 Å². The van der Waals surface area contributed by atoms with Crippen LogP contribution in [0.15, 0.2) is 17.0 Å². The summed E-state index contributed by atoms with van der Waals surface area (Å²) in [7, 11) is 0. The van der Waals surface area contributed by atoms with Crippen molar-refractivity contribution in [3.05, 3.63) is 23.3 Å². The van der Waals surface area contributed by atoms with Gasteiger partial charge >= 0.3 is 0 Å². The lowest BCUT2D eigenvalue weighted by atomic mass is 9.86. The molecule has 0 fully saturated rings. The minimum Gasteiger partial charge on any atom is -0.371 e. The van der Waals surface area contributed by atoms with E-state index < -0.39 is 0 Å². The summed E-state index contributed by atoms with van der Waals surface area (Å²) >= 11 is 7.08. The van der Waals surface area contributed by atoms with Crippen LogP contribution < -0.4 is 5.32 Å². The molecular weight excluding hydrogens is 341 g/mol. The van der Waals surface area contributed by atoms with Gasteiger partial charge in [-0.1, -0.05) is 49.4 Å². The second-order valence-electron chi connectivity index (χ2n) is 5.98. The zero-order valence-corrected chi connectivity index (χ0v) is 14.5. The molecule has 0 amide bonds. The van der Waals surface area contributed by atoms with E-state index in [9.17, 15) is 0 Å². The number of hydrogen-bond acceptors (Lipinski definition) is 2. The molecule has 0 atom stereocenters. The molecule has 1 aromatic carbocycles.